The number of aryl methyl sites for hydroxylation is 2. The number of hydrogen-bond donors (Lipinski definition) is 2. The van der Waals surface area contributed by atoms with Crippen LogP contribution >= 0.6 is 22.6 Å². The van der Waals surface area contributed by atoms with Crippen molar-refractivity contribution in [3.8, 4) is 0 Å². The average Bonchev–Trinajstić information content (AvgIpc) is 2.89. The molecular formula is C17H20FIN4O. The summed E-state index contributed by atoms with van der Waals surface area (Å²) < 4.78 is 15.6. The van der Waals surface area contributed by atoms with Gasteiger partial charge in [0.25, 0.3) is 0 Å². The van der Waals surface area contributed by atoms with Gasteiger partial charge in [-0.3, -0.25) is 4.68 Å². The largest absolute Gasteiger partial charge is 0.402 e. The number of aliphatic hydroxyl groups excluding tert-OH is 1. The highest BCUT2D eigenvalue weighted by atomic mass is 127. The van der Waals surface area contributed by atoms with Crippen molar-refractivity contribution in [3.63, 3.8) is 0 Å². The van der Waals surface area contributed by atoms with Gasteiger partial charge < -0.3 is 10.8 Å². The van der Waals surface area contributed by atoms with Crippen molar-refractivity contribution >= 4 is 34.0 Å². The van der Waals surface area contributed by atoms with E-state index in [0.29, 0.717) is 26.4 Å². The van der Waals surface area contributed by atoms with E-state index in [4.69, 9.17) is 5.73 Å². The van der Waals surface area contributed by atoms with E-state index in [2.05, 4.69) is 10.1 Å². The third-order valence-electron chi connectivity index (χ3n) is 3.42. The number of benzene rings is 1. The summed E-state index contributed by atoms with van der Waals surface area (Å²) in [5.41, 5.74) is 8.76. The summed E-state index contributed by atoms with van der Waals surface area (Å²) in [7, 11) is 1.77. The average molecular weight is 442 g/mol. The predicted octanol–water partition coefficient (Wildman–Crippen LogP) is 3.39. The molecular weight excluding hydrogens is 422 g/mol. The van der Waals surface area contributed by atoms with Gasteiger partial charge in [0.2, 0.25) is 0 Å². The quantitative estimate of drug-likeness (QED) is 0.551. The molecule has 2 rings (SSSR count). The van der Waals surface area contributed by atoms with Crippen molar-refractivity contribution in [2.75, 3.05) is 0 Å². The van der Waals surface area contributed by atoms with Crippen LogP contribution in [0.4, 0.5) is 10.1 Å². The summed E-state index contributed by atoms with van der Waals surface area (Å²) >= 11 is 2.01. The molecule has 0 saturated heterocycles. The molecule has 2 aromatic rings. The van der Waals surface area contributed by atoms with E-state index >= 15 is 0 Å². The lowest BCUT2D eigenvalue weighted by atomic mass is 10.1. The summed E-state index contributed by atoms with van der Waals surface area (Å²) in [4.78, 5) is 4.49. The maximum atomic E-state index is 13.3. The number of aromatic nitrogens is 2. The van der Waals surface area contributed by atoms with Crippen LogP contribution in [-0.2, 0) is 13.5 Å². The minimum Gasteiger partial charge on any atom is -0.402 e. The Balaban J connectivity index is 2.49. The molecule has 0 aliphatic heterocycles. The molecule has 1 unspecified atom stereocenters. The zero-order valence-corrected chi connectivity index (χ0v) is 16.0. The smallest absolute Gasteiger partial charge is 0.138 e. The summed E-state index contributed by atoms with van der Waals surface area (Å²) in [5.74, 6) is -0.329. The zero-order valence-electron chi connectivity index (χ0n) is 13.8. The molecule has 128 valence electrons. The first-order chi connectivity index (χ1) is 11.3. The molecule has 5 nitrogen and oxygen atoms in total. The Labute approximate surface area is 154 Å². The molecule has 7 heteroatoms. The molecule has 1 atom stereocenters. The van der Waals surface area contributed by atoms with Gasteiger partial charge in [0.05, 0.1) is 22.8 Å². The lowest BCUT2D eigenvalue weighted by molar-refractivity contribution is 0.237. The highest BCUT2D eigenvalue weighted by Crippen LogP contribution is 2.25. The van der Waals surface area contributed by atoms with Gasteiger partial charge in [0.15, 0.2) is 0 Å². The first-order valence-electron chi connectivity index (χ1n) is 7.50. The van der Waals surface area contributed by atoms with Crippen molar-refractivity contribution in [1.82, 2.24) is 9.78 Å². The second-order valence-electron chi connectivity index (χ2n) is 5.46. The Hall–Kier alpha value is -1.74. The highest BCUT2D eigenvalue weighted by Gasteiger charge is 2.19. The minimum absolute atomic E-state index is 0.329. The lowest BCUT2D eigenvalue weighted by Crippen LogP contribution is -2.15. The second kappa shape index (κ2) is 7.89. The number of rotatable bonds is 5. The van der Waals surface area contributed by atoms with E-state index in [1.54, 1.807) is 30.8 Å². The van der Waals surface area contributed by atoms with Crippen molar-refractivity contribution in [3.05, 3.63) is 56.8 Å². The first-order valence-corrected chi connectivity index (χ1v) is 8.58. The van der Waals surface area contributed by atoms with E-state index in [1.165, 1.54) is 12.1 Å². The van der Waals surface area contributed by atoms with E-state index in [1.807, 2.05) is 35.6 Å². The molecule has 0 spiro atoms. The molecule has 0 aliphatic carbocycles. The van der Waals surface area contributed by atoms with Crippen LogP contribution in [0, 0.1) is 9.39 Å². The third-order valence-corrected chi connectivity index (χ3v) is 4.29. The second-order valence-corrected chi connectivity index (χ2v) is 6.62. The van der Waals surface area contributed by atoms with Gasteiger partial charge in [-0.2, -0.15) is 5.10 Å². The van der Waals surface area contributed by atoms with Crippen LogP contribution in [0.3, 0.4) is 0 Å². The molecule has 0 saturated carbocycles. The Morgan fingerprint density at radius 2 is 2.21 bits per heavy atom. The van der Waals surface area contributed by atoms with Gasteiger partial charge in [-0.15, -0.1) is 0 Å². The number of nitrogens with two attached hydrogens (primary N) is 1. The van der Waals surface area contributed by atoms with Crippen LogP contribution in [0.1, 0.15) is 31.3 Å². The molecule has 3 N–H and O–H groups in total. The van der Waals surface area contributed by atoms with Crippen molar-refractivity contribution in [1.29, 1.82) is 0 Å². The fourth-order valence-corrected chi connectivity index (χ4v) is 2.84. The van der Waals surface area contributed by atoms with Crippen molar-refractivity contribution < 1.29 is 9.50 Å². The fraction of sp³-hybridized carbons (Fsp3) is 0.294. The van der Waals surface area contributed by atoms with Gasteiger partial charge in [0.1, 0.15) is 11.9 Å². The van der Waals surface area contributed by atoms with Crippen LogP contribution in [0.5, 0.6) is 0 Å². The Bertz CT molecular complexity index is 794. The van der Waals surface area contributed by atoms with E-state index in [0.717, 1.165) is 12.1 Å². The number of aliphatic hydroxyl groups is 1. The number of hydrogen-bond acceptors (Lipinski definition) is 4. The molecule has 0 aliphatic rings. The van der Waals surface area contributed by atoms with Crippen LogP contribution < -0.4 is 5.73 Å². The number of allylic oxidation sites excluding steroid dienone is 1. The van der Waals surface area contributed by atoms with Crippen molar-refractivity contribution in [2.24, 2.45) is 17.8 Å². The summed E-state index contributed by atoms with van der Waals surface area (Å²) in [6.45, 7) is 3.72. The van der Waals surface area contributed by atoms with Gasteiger partial charge in [0, 0.05) is 16.3 Å². The van der Waals surface area contributed by atoms with Crippen LogP contribution in [0.25, 0.3) is 0 Å². The summed E-state index contributed by atoms with van der Waals surface area (Å²) in [5, 5.41) is 15.1. The van der Waals surface area contributed by atoms with Gasteiger partial charge in [-0.1, -0.05) is 6.92 Å². The lowest BCUT2D eigenvalue weighted by Gasteiger charge is -2.13. The fourth-order valence-electron chi connectivity index (χ4n) is 2.24. The molecule has 0 fully saturated rings. The summed E-state index contributed by atoms with van der Waals surface area (Å²) in [6, 6.07) is 6.14. The Kier molecular flexibility index (Phi) is 6.11. The molecule has 0 radical (unpaired) electrons. The number of aliphatic imine (C=N–C) groups is 1. The molecule has 1 heterocycles. The molecule has 24 heavy (non-hydrogen) atoms. The van der Waals surface area contributed by atoms with Crippen molar-refractivity contribution in [2.45, 2.75) is 26.4 Å². The van der Waals surface area contributed by atoms with E-state index < -0.39 is 6.10 Å². The summed E-state index contributed by atoms with van der Waals surface area (Å²) in [6.07, 6.45) is 1.40. The Morgan fingerprint density at radius 1 is 1.50 bits per heavy atom. The molecule has 1 aromatic heterocycles. The maximum Gasteiger partial charge on any atom is 0.138 e. The van der Waals surface area contributed by atoms with Gasteiger partial charge in [-0.05, 0) is 66.3 Å². The van der Waals surface area contributed by atoms with Gasteiger partial charge in [-0.25, -0.2) is 9.38 Å². The maximum absolute atomic E-state index is 13.3. The molecule has 0 bridgehead atoms. The number of halogens is 2. The van der Waals surface area contributed by atoms with E-state index in [-0.39, 0.29) is 5.82 Å². The van der Waals surface area contributed by atoms with E-state index in [9.17, 15) is 9.50 Å². The monoisotopic (exact) mass is 442 g/mol. The topological polar surface area (TPSA) is 76.4 Å². The Morgan fingerprint density at radius 3 is 2.75 bits per heavy atom. The predicted molar refractivity (Wildman–Crippen MR) is 102 cm³/mol. The molecule has 1 aromatic carbocycles. The zero-order chi connectivity index (χ0) is 17.9. The highest BCUT2D eigenvalue weighted by molar-refractivity contribution is 14.1. The first kappa shape index (κ1) is 18.6. The normalized spacial score (nSPS) is 14.1. The number of nitrogens with zero attached hydrogens (tertiary/aromatic N) is 3. The van der Waals surface area contributed by atoms with Crippen LogP contribution in [0.15, 0.2) is 41.0 Å². The van der Waals surface area contributed by atoms with Gasteiger partial charge >= 0.3 is 0 Å². The van der Waals surface area contributed by atoms with Crippen LogP contribution in [-0.4, -0.2) is 20.6 Å². The third kappa shape index (κ3) is 4.41. The van der Waals surface area contributed by atoms with Crippen LogP contribution in [0.2, 0.25) is 0 Å². The molecule has 0 amide bonds. The standard InChI is InChI=1S/C17H20FIN4O/c1-4-12-9-16(23(3)22-12)17(24)15(7-10(2)20)21-14-6-5-11(18)8-13(14)19/h5-9,17,24H,4,20H2,1-3H3. The minimum atomic E-state index is -0.984. The SMILES string of the molecule is CCc1cc(C(O)C(C=C(C)N)=Nc2ccc(F)cc2I)n(C)n1.